The average molecular weight is 417 g/mol. The number of aromatic nitrogens is 2. The van der Waals surface area contributed by atoms with Crippen molar-refractivity contribution >= 4 is 23.2 Å². The Hall–Kier alpha value is -1.63. The topological polar surface area (TPSA) is 58.9 Å². The first kappa shape index (κ1) is 19.3. The number of hydrogen-bond donors (Lipinski definition) is 1. The number of carbonyl (C=O) groups is 1. The van der Waals surface area contributed by atoms with Gasteiger partial charge in [-0.2, -0.15) is 0 Å². The molecule has 0 bridgehead atoms. The van der Waals surface area contributed by atoms with E-state index in [2.05, 4.69) is 5.32 Å². The van der Waals surface area contributed by atoms with Gasteiger partial charge in [-0.3, -0.25) is 4.79 Å². The number of pyridine rings is 1. The van der Waals surface area contributed by atoms with E-state index in [1.54, 1.807) is 0 Å². The molecule has 2 saturated carbocycles. The van der Waals surface area contributed by atoms with E-state index in [0.717, 1.165) is 23.2 Å². The van der Waals surface area contributed by atoms with Gasteiger partial charge < -0.3 is 19.4 Å². The SMILES string of the molecule is C[C@@H]1CN(C(=O)c2nc3ccc(Cl)cn3c2CNC(C2CC2)C2CC2)C[C@H](C)O1. The van der Waals surface area contributed by atoms with Crippen molar-refractivity contribution in [3.63, 3.8) is 0 Å². The molecule has 3 aliphatic rings. The van der Waals surface area contributed by atoms with E-state index < -0.39 is 0 Å². The lowest BCUT2D eigenvalue weighted by atomic mass is 10.1. The maximum Gasteiger partial charge on any atom is 0.274 e. The first-order valence-electron chi connectivity index (χ1n) is 10.8. The maximum atomic E-state index is 13.4. The molecule has 1 N–H and O–H groups in total. The molecule has 7 heteroatoms. The molecule has 3 fully saturated rings. The summed E-state index contributed by atoms with van der Waals surface area (Å²) in [7, 11) is 0. The molecule has 6 nitrogen and oxygen atoms in total. The number of halogens is 1. The number of amides is 1. The predicted octanol–water partition coefficient (Wildman–Crippen LogP) is 3.52. The predicted molar refractivity (Wildman–Crippen MR) is 112 cm³/mol. The van der Waals surface area contributed by atoms with Crippen molar-refractivity contribution in [3.05, 3.63) is 34.7 Å². The van der Waals surface area contributed by atoms with Crippen LogP contribution in [0.5, 0.6) is 0 Å². The minimum atomic E-state index is -0.0157. The Morgan fingerprint density at radius 2 is 1.86 bits per heavy atom. The standard InChI is InChI=1S/C22H29ClN4O2/c1-13-10-26(11-14(2)29-13)22(28)21-18(27-12-17(23)7-8-19(27)25-21)9-24-20(15-3-4-15)16-5-6-16/h7-8,12-16,20,24H,3-6,9-11H2,1-2H3/t13-,14+. The van der Waals surface area contributed by atoms with E-state index in [0.29, 0.717) is 36.4 Å². The molecule has 1 saturated heterocycles. The van der Waals surface area contributed by atoms with Gasteiger partial charge in [-0.05, 0) is 63.5 Å². The van der Waals surface area contributed by atoms with Crippen molar-refractivity contribution in [3.8, 4) is 0 Å². The van der Waals surface area contributed by atoms with Crippen molar-refractivity contribution in [1.82, 2.24) is 19.6 Å². The zero-order chi connectivity index (χ0) is 20.1. The maximum absolute atomic E-state index is 13.4. The number of rotatable bonds is 6. The second-order valence-electron chi connectivity index (χ2n) is 9.03. The average Bonchev–Trinajstić information content (AvgIpc) is 3.59. The van der Waals surface area contributed by atoms with Crippen LogP contribution in [0, 0.1) is 11.8 Å². The van der Waals surface area contributed by atoms with E-state index in [-0.39, 0.29) is 18.1 Å². The number of nitrogens with zero attached hydrogens (tertiary/aromatic N) is 3. The Labute approximate surface area is 176 Å². The molecule has 156 valence electrons. The summed E-state index contributed by atoms with van der Waals surface area (Å²) in [5.41, 5.74) is 2.20. The lowest BCUT2D eigenvalue weighted by molar-refractivity contribution is -0.0587. The molecule has 2 atom stereocenters. The molecule has 29 heavy (non-hydrogen) atoms. The first-order valence-corrected chi connectivity index (χ1v) is 11.2. The van der Waals surface area contributed by atoms with E-state index in [4.69, 9.17) is 21.3 Å². The number of carbonyl (C=O) groups excluding carboxylic acids is 1. The Kier molecular flexibility index (Phi) is 5.04. The van der Waals surface area contributed by atoms with Crippen LogP contribution in [0.3, 0.4) is 0 Å². The van der Waals surface area contributed by atoms with E-state index in [9.17, 15) is 4.79 Å². The van der Waals surface area contributed by atoms with Crippen molar-refractivity contribution < 1.29 is 9.53 Å². The van der Waals surface area contributed by atoms with Crippen molar-refractivity contribution in [2.45, 2.75) is 64.3 Å². The number of fused-ring (bicyclic) bond motifs is 1. The number of imidazole rings is 1. The zero-order valence-corrected chi connectivity index (χ0v) is 17.9. The lowest BCUT2D eigenvalue weighted by Crippen LogP contribution is -2.48. The van der Waals surface area contributed by atoms with Crippen molar-refractivity contribution in [2.24, 2.45) is 11.8 Å². The zero-order valence-electron chi connectivity index (χ0n) is 17.1. The Morgan fingerprint density at radius 3 is 2.48 bits per heavy atom. The minimum Gasteiger partial charge on any atom is -0.372 e. The van der Waals surface area contributed by atoms with Gasteiger partial charge in [0.2, 0.25) is 0 Å². The molecule has 0 aromatic carbocycles. The molecule has 2 aliphatic carbocycles. The van der Waals surface area contributed by atoms with Crippen LogP contribution < -0.4 is 5.32 Å². The van der Waals surface area contributed by atoms with Gasteiger partial charge in [-0.25, -0.2) is 4.98 Å². The molecule has 0 spiro atoms. The Bertz CT molecular complexity index is 899. The summed E-state index contributed by atoms with van der Waals surface area (Å²) in [6, 6.07) is 4.27. The molecule has 2 aromatic heterocycles. The highest BCUT2D eigenvalue weighted by atomic mass is 35.5. The summed E-state index contributed by atoms with van der Waals surface area (Å²) in [4.78, 5) is 20.0. The fourth-order valence-electron chi connectivity index (χ4n) is 4.74. The first-order chi connectivity index (χ1) is 14.0. The van der Waals surface area contributed by atoms with Gasteiger partial charge in [0, 0.05) is 31.9 Å². The Balaban J connectivity index is 1.45. The van der Waals surface area contributed by atoms with E-state index >= 15 is 0 Å². The highest BCUT2D eigenvalue weighted by molar-refractivity contribution is 6.30. The summed E-state index contributed by atoms with van der Waals surface area (Å²) in [5.74, 6) is 1.58. The summed E-state index contributed by atoms with van der Waals surface area (Å²) < 4.78 is 7.78. The third-order valence-corrected chi connectivity index (χ3v) is 6.58. The fraction of sp³-hybridized carbons (Fsp3) is 0.636. The van der Waals surface area contributed by atoms with Crippen LogP contribution in [0.1, 0.15) is 55.7 Å². The molecule has 1 amide bonds. The molecular weight excluding hydrogens is 388 g/mol. The summed E-state index contributed by atoms with van der Waals surface area (Å²) >= 11 is 6.27. The summed E-state index contributed by atoms with van der Waals surface area (Å²) in [5, 5.41) is 4.42. The van der Waals surface area contributed by atoms with Crippen LogP contribution >= 0.6 is 11.6 Å². The van der Waals surface area contributed by atoms with Crippen LogP contribution in [0.15, 0.2) is 18.3 Å². The Morgan fingerprint density at radius 1 is 1.21 bits per heavy atom. The molecule has 3 heterocycles. The van der Waals surface area contributed by atoms with E-state index in [1.807, 2.05) is 41.5 Å². The molecule has 5 rings (SSSR count). The van der Waals surface area contributed by atoms with Gasteiger partial charge in [0.05, 0.1) is 22.9 Å². The normalized spacial score (nSPS) is 25.2. The van der Waals surface area contributed by atoms with Gasteiger partial charge in [-0.1, -0.05) is 11.6 Å². The van der Waals surface area contributed by atoms with Crippen LogP contribution in [0.4, 0.5) is 0 Å². The number of hydrogen-bond acceptors (Lipinski definition) is 4. The van der Waals surface area contributed by atoms with Gasteiger partial charge in [-0.15, -0.1) is 0 Å². The van der Waals surface area contributed by atoms with Gasteiger partial charge >= 0.3 is 0 Å². The van der Waals surface area contributed by atoms with Crippen LogP contribution in [-0.2, 0) is 11.3 Å². The second kappa shape index (κ2) is 7.56. The molecule has 0 radical (unpaired) electrons. The highest BCUT2D eigenvalue weighted by Gasteiger charge is 2.41. The third-order valence-electron chi connectivity index (χ3n) is 6.36. The minimum absolute atomic E-state index is 0.0157. The van der Waals surface area contributed by atoms with Crippen molar-refractivity contribution in [2.75, 3.05) is 13.1 Å². The van der Waals surface area contributed by atoms with Gasteiger partial charge in [0.1, 0.15) is 5.65 Å². The summed E-state index contributed by atoms with van der Waals surface area (Å²) in [6.07, 6.45) is 7.22. The number of morpholine rings is 1. The third kappa shape index (κ3) is 4.03. The number of nitrogens with one attached hydrogen (secondary N) is 1. The summed E-state index contributed by atoms with van der Waals surface area (Å²) in [6.45, 7) is 5.85. The fourth-order valence-corrected chi connectivity index (χ4v) is 4.91. The van der Waals surface area contributed by atoms with Crippen LogP contribution in [0.2, 0.25) is 5.02 Å². The highest BCUT2D eigenvalue weighted by Crippen LogP contribution is 2.44. The van der Waals surface area contributed by atoms with Crippen LogP contribution in [0.25, 0.3) is 5.65 Å². The monoisotopic (exact) mass is 416 g/mol. The quantitative estimate of drug-likeness (QED) is 0.782. The van der Waals surface area contributed by atoms with Gasteiger partial charge in [0.15, 0.2) is 5.69 Å². The molecule has 1 aliphatic heterocycles. The van der Waals surface area contributed by atoms with Crippen LogP contribution in [-0.4, -0.2) is 51.5 Å². The van der Waals surface area contributed by atoms with Crippen molar-refractivity contribution in [1.29, 1.82) is 0 Å². The molecular formula is C22H29ClN4O2. The smallest absolute Gasteiger partial charge is 0.274 e. The largest absolute Gasteiger partial charge is 0.372 e. The van der Waals surface area contributed by atoms with Gasteiger partial charge in [0.25, 0.3) is 5.91 Å². The van der Waals surface area contributed by atoms with E-state index in [1.165, 1.54) is 25.7 Å². The number of ether oxygens (including phenoxy) is 1. The molecule has 0 unspecified atom stereocenters. The lowest BCUT2D eigenvalue weighted by Gasteiger charge is -2.35. The second-order valence-corrected chi connectivity index (χ2v) is 9.47. The molecule has 2 aromatic rings.